The van der Waals surface area contributed by atoms with Gasteiger partial charge >= 0.3 is 0 Å². The average Bonchev–Trinajstić information content (AvgIpc) is 3.09. The second kappa shape index (κ2) is 9.25. The Morgan fingerprint density at radius 1 is 1.33 bits per heavy atom. The molecule has 0 spiro atoms. The van der Waals surface area contributed by atoms with E-state index in [0.29, 0.717) is 37.4 Å². The number of piperidine rings is 1. The number of thiazole rings is 1. The van der Waals surface area contributed by atoms with Crippen molar-refractivity contribution in [3.05, 3.63) is 29.3 Å². The summed E-state index contributed by atoms with van der Waals surface area (Å²) >= 11 is 1.35. The molecule has 0 bridgehead atoms. The van der Waals surface area contributed by atoms with Crippen LogP contribution < -0.4 is 5.73 Å². The summed E-state index contributed by atoms with van der Waals surface area (Å²) in [4.78, 5) is 31.2. The molecule has 1 aliphatic rings. The minimum atomic E-state index is -1.01. The van der Waals surface area contributed by atoms with Crippen LogP contribution in [-0.4, -0.2) is 55.3 Å². The van der Waals surface area contributed by atoms with Crippen molar-refractivity contribution in [2.24, 2.45) is 11.7 Å². The molecule has 0 saturated carbocycles. The molecule has 2 amide bonds. The van der Waals surface area contributed by atoms with E-state index in [4.69, 9.17) is 15.2 Å². The number of nitrogens with zero attached hydrogens (tertiary/aromatic N) is 2. The summed E-state index contributed by atoms with van der Waals surface area (Å²) in [6.45, 7) is 2.22. The molecule has 2 heterocycles. The van der Waals surface area contributed by atoms with E-state index in [-0.39, 0.29) is 5.91 Å². The number of benzene rings is 1. The van der Waals surface area contributed by atoms with E-state index < -0.39 is 11.8 Å². The van der Waals surface area contributed by atoms with Gasteiger partial charge in [-0.05, 0) is 37.3 Å². The summed E-state index contributed by atoms with van der Waals surface area (Å²) < 4.78 is 11.2. The highest BCUT2D eigenvalue weighted by molar-refractivity contribution is 7.18. The molecule has 1 aromatic carbocycles. The number of ether oxygens (including phenoxy) is 2. The highest BCUT2D eigenvalue weighted by Gasteiger charge is 2.35. The second-order valence-electron chi connectivity index (χ2n) is 6.73. The normalized spacial score (nSPS) is 16.6. The molecule has 7 nitrogen and oxygen atoms in total. The summed E-state index contributed by atoms with van der Waals surface area (Å²) in [5, 5.41) is 0.476. The molecular weight excluding hydrogens is 366 g/mol. The van der Waals surface area contributed by atoms with Crippen molar-refractivity contribution >= 4 is 33.4 Å². The molecule has 1 atom stereocenters. The van der Waals surface area contributed by atoms with Gasteiger partial charge in [-0.2, -0.15) is 0 Å². The lowest BCUT2D eigenvalue weighted by Gasteiger charge is -2.33. The average molecular weight is 391 g/mol. The Morgan fingerprint density at radius 2 is 2.07 bits per heavy atom. The minimum Gasteiger partial charge on any atom is -0.369 e. The lowest BCUT2D eigenvalue weighted by Crippen LogP contribution is -2.44. The molecule has 1 unspecified atom stereocenters. The fourth-order valence-corrected chi connectivity index (χ4v) is 4.45. The number of likely N-dealkylation sites (tertiary alicyclic amines) is 1. The molecule has 2 N–H and O–H groups in total. The third kappa shape index (κ3) is 4.82. The van der Waals surface area contributed by atoms with Gasteiger partial charge in [0.05, 0.1) is 10.2 Å². The van der Waals surface area contributed by atoms with Crippen LogP contribution in [0.2, 0.25) is 0 Å². The van der Waals surface area contributed by atoms with Gasteiger partial charge in [0.1, 0.15) is 11.8 Å². The Kier molecular flexibility index (Phi) is 6.76. The summed E-state index contributed by atoms with van der Waals surface area (Å²) in [6, 6.07) is 7.59. The lowest BCUT2D eigenvalue weighted by molar-refractivity contribution is -0.138. The largest absolute Gasteiger partial charge is 0.369 e. The van der Waals surface area contributed by atoms with Crippen molar-refractivity contribution in [2.75, 3.05) is 33.6 Å². The Balaban J connectivity index is 1.62. The number of amides is 2. The van der Waals surface area contributed by atoms with Crippen LogP contribution in [0.25, 0.3) is 10.2 Å². The zero-order valence-electron chi connectivity index (χ0n) is 15.4. The Morgan fingerprint density at radius 3 is 2.74 bits per heavy atom. The van der Waals surface area contributed by atoms with E-state index >= 15 is 0 Å². The summed E-state index contributed by atoms with van der Waals surface area (Å²) in [7, 11) is 1.60. The number of rotatable bonds is 8. The van der Waals surface area contributed by atoms with Crippen molar-refractivity contribution in [3.63, 3.8) is 0 Å². The van der Waals surface area contributed by atoms with Gasteiger partial charge in [-0.15, -0.1) is 11.3 Å². The van der Waals surface area contributed by atoms with Crippen LogP contribution in [0.4, 0.5) is 0 Å². The van der Waals surface area contributed by atoms with Gasteiger partial charge in [-0.3, -0.25) is 9.59 Å². The molecule has 1 fully saturated rings. The summed E-state index contributed by atoms with van der Waals surface area (Å²) in [5.74, 6) is -1.38. The molecule has 2 aromatic rings. The molecule has 1 aliphatic heterocycles. The van der Waals surface area contributed by atoms with Crippen LogP contribution in [0.1, 0.15) is 30.2 Å². The fraction of sp³-hybridized carbons (Fsp3) is 0.526. The molecule has 146 valence electrons. The summed E-state index contributed by atoms with van der Waals surface area (Å²) in [6.07, 6.45) is 2.74. The first-order valence-electron chi connectivity index (χ1n) is 9.10. The Labute approximate surface area is 162 Å². The van der Waals surface area contributed by atoms with Gasteiger partial charge < -0.3 is 20.1 Å². The predicted octanol–water partition coefficient (Wildman–Crippen LogP) is 2.11. The quantitative estimate of drug-likeness (QED) is 0.422. The maximum Gasteiger partial charge on any atom is 0.242 e. The van der Waals surface area contributed by atoms with E-state index in [1.165, 1.54) is 11.3 Å². The van der Waals surface area contributed by atoms with E-state index in [0.717, 1.165) is 29.5 Å². The minimum absolute atomic E-state index is 0.240. The molecular formula is C19H25N3O4S. The van der Waals surface area contributed by atoms with Gasteiger partial charge in [0, 0.05) is 26.8 Å². The van der Waals surface area contributed by atoms with Crippen molar-refractivity contribution in [2.45, 2.75) is 25.2 Å². The third-order valence-corrected chi connectivity index (χ3v) is 5.99. The number of hydrogen-bond acceptors (Lipinski definition) is 6. The Hall–Kier alpha value is -2.03. The van der Waals surface area contributed by atoms with Crippen LogP contribution in [0.3, 0.4) is 0 Å². The monoisotopic (exact) mass is 391 g/mol. The van der Waals surface area contributed by atoms with Gasteiger partial charge in [-0.1, -0.05) is 12.1 Å². The topological polar surface area (TPSA) is 94.8 Å². The second-order valence-corrected chi connectivity index (χ2v) is 7.79. The third-order valence-electron chi connectivity index (χ3n) is 4.89. The molecule has 1 saturated heterocycles. The van der Waals surface area contributed by atoms with Crippen molar-refractivity contribution < 1.29 is 19.1 Å². The van der Waals surface area contributed by atoms with E-state index in [1.807, 2.05) is 24.3 Å². The first kappa shape index (κ1) is 19.7. The number of para-hydroxylation sites is 1. The number of fused-ring (bicyclic) bond motifs is 1. The van der Waals surface area contributed by atoms with Crippen molar-refractivity contribution in [1.82, 2.24) is 9.88 Å². The zero-order valence-corrected chi connectivity index (χ0v) is 16.2. The Bertz CT molecular complexity index is 753. The SMILES string of the molecule is COCOCCC1CCN(C(=O)C(C(N)=O)c2nc3ccccc3s2)CC1. The molecule has 0 radical (unpaired) electrons. The highest BCUT2D eigenvalue weighted by Crippen LogP contribution is 2.30. The van der Waals surface area contributed by atoms with Crippen LogP contribution in [0.15, 0.2) is 24.3 Å². The maximum atomic E-state index is 13.0. The number of nitrogens with two attached hydrogens (primary N) is 1. The van der Waals surface area contributed by atoms with Crippen molar-refractivity contribution in [3.8, 4) is 0 Å². The van der Waals surface area contributed by atoms with Crippen LogP contribution in [0, 0.1) is 5.92 Å². The van der Waals surface area contributed by atoms with Crippen molar-refractivity contribution in [1.29, 1.82) is 0 Å². The van der Waals surface area contributed by atoms with Gasteiger partial charge in [0.25, 0.3) is 0 Å². The van der Waals surface area contributed by atoms with Crippen LogP contribution in [0.5, 0.6) is 0 Å². The summed E-state index contributed by atoms with van der Waals surface area (Å²) in [5.41, 5.74) is 6.36. The molecule has 27 heavy (non-hydrogen) atoms. The number of hydrogen-bond donors (Lipinski definition) is 1. The van der Waals surface area contributed by atoms with Crippen LogP contribution >= 0.6 is 11.3 Å². The van der Waals surface area contributed by atoms with E-state index in [9.17, 15) is 9.59 Å². The van der Waals surface area contributed by atoms with Crippen LogP contribution in [-0.2, 0) is 19.1 Å². The molecule has 1 aromatic heterocycles. The lowest BCUT2D eigenvalue weighted by atomic mass is 9.93. The molecule has 8 heteroatoms. The molecule has 3 rings (SSSR count). The highest BCUT2D eigenvalue weighted by atomic mass is 32.1. The fourth-order valence-electron chi connectivity index (χ4n) is 3.38. The first-order valence-corrected chi connectivity index (χ1v) is 9.92. The van der Waals surface area contributed by atoms with Gasteiger partial charge in [-0.25, -0.2) is 4.98 Å². The van der Waals surface area contributed by atoms with E-state index in [2.05, 4.69) is 4.98 Å². The number of carbonyl (C=O) groups excluding carboxylic acids is 2. The smallest absolute Gasteiger partial charge is 0.242 e. The number of carbonyl (C=O) groups is 2. The van der Waals surface area contributed by atoms with Gasteiger partial charge in [0.2, 0.25) is 11.8 Å². The number of primary amides is 1. The number of methoxy groups -OCH3 is 1. The standard InChI is InChI=1S/C19H25N3O4S/c1-25-12-26-11-8-13-6-9-22(10-7-13)19(24)16(17(20)23)18-21-14-4-2-3-5-15(14)27-18/h2-5,13,16H,6-12H2,1H3,(H2,20,23). The first-order chi connectivity index (χ1) is 13.1. The zero-order chi connectivity index (χ0) is 19.2. The maximum absolute atomic E-state index is 13.0. The number of aromatic nitrogens is 1. The predicted molar refractivity (Wildman–Crippen MR) is 103 cm³/mol. The van der Waals surface area contributed by atoms with Gasteiger partial charge in [0.15, 0.2) is 5.92 Å². The van der Waals surface area contributed by atoms with E-state index in [1.54, 1.807) is 12.0 Å². The molecule has 0 aliphatic carbocycles.